The van der Waals surface area contributed by atoms with Crippen molar-refractivity contribution in [3.8, 4) is 0 Å². The summed E-state index contributed by atoms with van der Waals surface area (Å²) in [6, 6.07) is 9.53. The lowest BCUT2D eigenvalue weighted by Gasteiger charge is -2.31. The summed E-state index contributed by atoms with van der Waals surface area (Å²) in [5, 5.41) is 14.9. The fraction of sp³-hybridized carbons (Fsp3) is 0.176. The zero-order chi connectivity index (χ0) is 19.1. The molecule has 1 unspecified atom stereocenters. The highest BCUT2D eigenvalue weighted by Crippen LogP contribution is 2.40. The molecule has 1 heterocycles. The highest BCUT2D eigenvalue weighted by atomic mass is 35.5. The van der Waals surface area contributed by atoms with Crippen LogP contribution in [0.2, 0.25) is 5.02 Å². The van der Waals surface area contributed by atoms with Gasteiger partial charge in [-0.3, -0.25) is 4.79 Å². The van der Waals surface area contributed by atoms with Gasteiger partial charge in [-0.15, -0.1) is 0 Å². The average molecular weight is 387 g/mol. The molecule has 0 bridgehead atoms. The first-order chi connectivity index (χ1) is 12.1. The molecule has 2 aromatic rings. The fourth-order valence-corrected chi connectivity index (χ4v) is 2.70. The molecule has 136 valence electrons. The molecule has 2 aromatic carbocycles. The number of hydrazone groups is 1. The number of carbonyl (C=O) groups excluding carboxylic acids is 1. The molecule has 1 aliphatic rings. The van der Waals surface area contributed by atoms with Crippen LogP contribution >= 0.6 is 11.6 Å². The second kappa shape index (κ2) is 6.37. The maximum Gasteiger partial charge on any atom is 0.431 e. The normalized spacial score (nSPS) is 20.2. The van der Waals surface area contributed by atoms with Crippen LogP contribution < -0.4 is 0 Å². The molecule has 3 rings (SSSR count). The topological polar surface area (TPSA) is 52.9 Å². The number of amides is 1. The van der Waals surface area contributed by atoms with E-state index in [1.54, 1.807) is 0 Å². The molecule has 0 aromatic heterocycles. The highest BCUT2D eigenvalue weighted by Gasteiger charge is 2.53. The van der Waals surface area contributed by atoms with Crippen molar-refractivity contribution in [1.29, 1.82) is 0 Å². The van der Waals surface area contributed by atoms with Crippen molar-refractivity contribution in [2.24, 2.45) is 5.10 Å². The molecular formula is C17H11ClF4N2O2. The van der Waals surface area contributed by atoms with Crippen LogP contribution in [-0.2, 0) is 5.72 Å². The quantitative estimate of drug-likeness (QED) is 0.790. The zero-order valence-corrected chi connectivity index (χ0v) is 13.7. The first kappa shape index (κ1) is 18.3. The lowest BCUT2D eigenvalue weighted by atomic mass is 9.96. The lowest BCUT2D eigenvalue weighted by Crippen LogP contribution is -2.43. The summed E-state index contributed by atoms with van der Waals surface area (Å²) >= 11 is 5.74. The minimum atomic E-state index is -4.83. The molecule has 9 heteroatoms. The van der Waals surface area contributed by atoms with Gasteiger partial charge in [-0.2, -0.15) is 23.3 Å². The van der Waals surface area contributed by atoms with Crippen LogP contribution in [0.15, 0.2) is 53.6 Å². The van der Waals surface area contributed by atoms with Gasteiger partial charge in [0.05, 0.1) is 6.42 Å². The standard InChI is InChI=1S/C17H11ClF4N2O2/c18-12-5-1-10(2-6-12)15(25)24-16(26,9-14(23-24)17(20,21)22)11-3-7-13(19)8-4-11/h1-8,26H,9H2. The van der Waals surface area contributed by atoms with Crippen molar-refractivity contribution in [2.45, 2.75) is 18.3 Å². The summed E-state index contributed by atoms with van der Waals surface area (Å²) < 4.78 is 52.5. The Balaban J connectivity index is 2.06. The summed E-state index contributed by atoms with van der Waals surface area (Å²) in [5.41, 5.74) is -3.81. The van der Waals surface area contributed by atoms with Gasteiger partial charge in [-0.1, -0.05) is 23.7 Å². The molecular weight excluding hydrogens is 376 g/mol. The lowest BCUT2D eigenvalue weighted by molar-refractivity contribution is -0.0816. The second-order valence-corrected chi connectivity index (χ2v) is 6.11. The van der Waals surface area contributed by atoms with Gasteiger partial charge in [-0.05, 0) is 36.4 Å². The van der Waals surface area contributed by atoms with E-state index in [1.807, 2.05) is 0 Å². The van der Waals surface area contributed by atoms with E-state index in [1.165, 1.54) is 24.3 Å². The summed E-state index contributed by atoms with van der Waals surface area (Å²) in [6.07, 6.45) is -5.80. The maximum atomic E-state index is 13.1. The van der Waals surface area contributed by atoms with E-state index in [4.69, 9.17) is 11.6 Å². The number of rotatable bonds is 2. The molecule has 0 saturated carbocycles. The second-order valence-electron chi connectivity index (χ2n) is 5.67. The molecule has 0 spiro atoms. The van der Waals surface area contributed by atoms with Gasteiger partial charge < -0.3 is 5.11 Å². The molecule has 1 amide bonds. The van der Waals surface area contributed by atoms with Crippen molar-refractivity contribution in [1.82, 2.24) is 5.01 Å². The Morgan fingerprint density at radius 1 is 1.12 bits per heavy atom. The molecule has 1 atom stereocenters. The van der Waals surface area contributed by atoms with Crippen LogP contribution in [-0.4, -0.2) is 27.9 Å². The number of aliphatic hydroxyl groups is 1. The number of hydrogen-bond donors (Lipinski definition) is 1. The van der Waals surface area contributed by atoms with Gasteiger partial charge in [0.1, 0.15) is 11.5 Å². The van der Waals surface area contributed by atoms with E-state index >= 15 is 0 Å². The summed E-state index contributed by atoms with van der Waals surface area (Å²) in [7, 11) is 0. The minimum absolute atomic E-state index is 0.0119. The number of halogens is 5. The molecule has 1 aliphatic heterocycles. The van der Waals surface area contributed by atoms with Crippen LogP contribution in [0.5, 0.6) is 0 Å². The molecule has 26 heavy (non-hydrogen) atoms. The third-order valence-electron chi connectivity index (χ3n) is 3.90. The van der Waals surface area contributed by atoms with Gasteiger partial charge >= 0.3 is 6.18 Å². The summed E-state index contributed by atoms with van der Waals surface area (Å²) in [5.74, 6) is -1.59. The Bertz CT molecular complexity index is 866. The highest BCUT2D eigenvalue weighted by molar-refractivity contribution is 6.30. The monoisotopic (exact) mass is 386 g/mol. The van der Waals surface area contributed by atoms with E-state index in [2.05, 4.69) is 5.10 Å². The van der Waals surface area contributed by atoms with Crippen molar-refractivity contribution >= 4 is 23.2 Å². The van der Waals surface area contributed by atoms with Crippen molar-refractivity contribution < 1.29 is 27.5 Å². The van der Waals surface area contributed by atoms with E-state index in [9.17, 15) is 27.5 Å². The molecule has 0 fully saturated rings. The average Bonchev–Trinajstić information content (AvgIpc) is 2.94. The van der Waals surface area contributed by atoms with E-state index in [-0.39, 0.29) is 11.1 Å². The molecule has 1 N–H and O–H groups in total. The van der Waals surface area contributed by atoms with Gasteiger partial charge in [-0.25, -0.2) is 4.39 Å². The van der Waals surface area contributed by atoms with Crippen LogP contribution in [0.25, 0.3) is 0 Å². The Labute approximate surface area is 150 Å². The Kier molecular flexibility index (Phi) is 4.49. The minimum Gasteiger partial charge on any atom is -0.365 e. The van der Waals surface area contributed by atoms with Crippen molar-refractivity contribution in [3.63, 3.8) is 0 Å². The Morgan fingerprint density at radius 2 is 1.69 bits per heavy atom. The largest absolute Gasteiger partial charge is 0.431 e. The Morgan fingerprint density at radius 3 is 2.23 bits per heavy atom. The third kappa shape index (κ3) is 3.30. The van der Waals surface area contributed by atoms with Gasteiger partial charge in [0, 0.05) is 16.1 Å². The number of benzene rings is 2. The number of carbonyl (C=O) groups is 1. The first-order valence-electron chi connectivity index (χ1n) is 7.34. The van der Waals surface area contributed by atoms with Crippen molar-refractivity contribution in [2.75, 3.05) is 0 Å². The summed E-state index contributed by atoms with van der Waals surface area (Å²) in [6.45, 7) is 0. The molecule has 4 nitrogen and oxygen atoms in total. The number of hydrogen-bond acceptors (Lipinski definition) is 3. The smallest absolute Gasteiger partial charge is 0.365 e. The van der Waals surface area contributed by atoms with Crippen LogP contribution in [0.4, 0.5) is 17.6 Å². The van der Waals surface area contributed by atoms with Crippen LogP contribution in [0.1, 0.15) is 22.3 Å². The van der Waals surface area contributed by atoms with Gasteiger partial charge in [0.2, 0.25) is 0 Å². The van der Waals surface area contributed by atoms with Crippen molar-refractivity contribution in [3.05, 3.63) is 70.5 Å². The number of alkyl halides is 3. The predicted octanol–water partition coefficient (Wildman–Crippen LogP) is 4.09. The van der Waals surface area contributed by atoms with Gasteiger partial charge in [0.15, 0.2) is 5.72 Å². The predicted molar refractivity (Wildman–Crippen MR) is 86.0 cm³/mol. The zero-order valence-electron chi connectivity index (χ0n) is 13.0. The van der Waals surface area contributed by atoms with E-state index in [0.29, 0.717) is 10.0 Å². The van der Waals surface area contributed by atoms with Crippen LogP contribution in [0, 0.1) is 5.82 Å². The molecule has 0 radical (unpaired) electrons. The Hall–Kier alpha value is -2.45. The fourth-order valence-electron chi connectivity index (χ4n) is 2.57. The first-order valence-corrected chi connectivity index (χ1v) is 7.72. The SMILES string of the molecule is O=C(c1ccc(Cl)cc1)N1N=C(C(F)(F)F)CC1(O)c1ccc(F)cc1. The summed E-state index contributed by atoms with van der Waals surface area (Å²) in [4.78, 5) is 12.7. The molecule has 0 aliphatic carbocycles. The van der Waals surface area contributed by atoms with E-state index < -0.39 is 35.8 Å². The third-order valence-corrected chi connectivity index (χ3v) is 4.15. The maximum absolute atomic E-state index is 13.1. The van der Waals surface area contributed by atoms with E-state index in [0.717, 1.165) is 24.3 Å². The molecule has 0 saturated heterocycles. The van der Waals surface area contributed by atoms with Crippen LogP contribution in [0.3, 0.4) is 0 Å². The van der Waals surface area contributed by atoms with Gasteiger partial charge in [0.25, 0.3) is 5.91 Å². The number of nitrogens with zero attached hydrogens (tertiary/aromatic N) is 2.